The van der Waals surface area contributed by atoms with Gasteiger partial charge in [0.15, 0.2) is 17.3 Å². The van der Waals surface area contributed by atoms with Crippen LogP contribution in [0.2, 0.25) is 5.02 Å². The predicted molar refractivity (Wildman–Crippen MR) is 77.7 cm³/mol. The Balaban J connectivity index is 2.38. The Morgan fingerprint density at radius 3 is 2.41 bits per heavy atom. The van der Waals surface area contributed by atoms with Crippen molar-refractivity contribution in [2.24, 2.45) is 17.6 Å². The highest BCUT2D eigenvalue weighted by Crippen LogP contribution is 2.30. The monoisotopic (exact) mass is 324 g/mol. The molecule has 2 rings (SSSR count). The molecular weight excluding hydrogens is 312 g/mol. The molecule has 1 aromatic rings. The molecule has 0 saturated heterocycles. The minimum absolute atomic E-state index is 0.0278. The number of nitro groups is 1. The largest absolute Gasteiger partial charge is 0.330 e. The van der Waals surface area contributed by atoms with Gasteiger partial charge < -0.3 is 5.73 Å². The standard InChI is InChI=1S/C14H13ClN2O5/c15-8-1-2-9(10(5-8)17(21)22)14(20)13-11(18)3-7(6-16)4-12(13)19/h1-2,5,7,13H,3-4,6,16H2. The average molecular weight is 325 g/mol. The fraction of sp³-hybridized carbons (Fsp3) is 0.357. The SMILES string of the molecule is NCC1CC(=O)C(C(=O)c2ccc(Cl)cc2[N+](=O)[O-])C(=O)C1. The van der Waals surface area contributed by atoms with Crippen molar-refractivity contribution in [3.63, 3.8) is 0 Å². The van der Waals surface area contributed by atoms with E-state index in [-0.39, 0.29) is 35.9 Å². The second-order valence-electron chi connectivity index (χ2n) is 5.16. The van der Waals surface area contributed by atoms with E-state index < -0.39 is 33.9 Å². The number of hydrogen-bond acceptors (Lipinski definition) is 6. The Morgan fingerprint density at radius 2 is 1.91 bits per heavy atom. The summed E-state index contributed by atoms with van der Waals surface area (Å²) in [7, 11) is 0. The molecule has 8 heteroatoms. The lowest BCUT2D eigenvalue weighted by Gasteiger charge is -2.24. The number of halogens is 1. The van der Waals surface area contributed by atoms with E-state index in [0.29, 0.717) is 0 Å². The van der Waals surface area contributed by atoms with Gasteiger partial charge in [-0.05, 0) is 24.6 Å². The first kappa shape index (κ1) is 16.3. The summed E-state index contributed by atoms with van der Waals surface area (Å²) in [4.78, 5) is 46.8. The Kier molecular flexibility index (Phi) is 4.68. The van der Waals surface area contributed by atoms with Crippen LogP contribution in [0.3, 0.4) is 0 Å². The van der Waals surface area contributed by atoms with Gasteiger partial charge in [-0.3, -0.25) is 24.5 Å². The molecule has 1 fully saturated rings. The van der Waals surface area contributed by atoms with E-state index >= 15 is 0 Å². The van der Waals surface area contributed by atoms with E-state index in [9.17, 15) is 24.5 Å². The zero-order valence-electron chi connectivity index (χ0n) is 11.5. The topological polar surface area (TPSA) is 120 Å². The molecule has 0 aromatic heterocycles. The van der Waals surface area contributed by atoms with Crippen molar-refractivity contribution in [1.29, 1.82) is 0 Å². The summed E-state index contributed by atoms with van der Waals surface area (Å²) >= 11 is 5.68. The lowest BCUT2D eigenvalue weighted by molar-refractivity contribution is -0.385. The van der Waals surface area contributed by atoms with Crippen LogP contribution in [0.15, 0.2) is 18.2 Å². The van der Waals surface area contributed by atoms with Crippen LogP contribution in [0.4, 0.5) is 5.69 Å². The van der Waals surface area contributed by atoms with Gasteiger partial charge in [0.05, 0.1) is 10.5 Å². The summed E-state index contributed by atoms with van der Waals surface area (Å²) < 4.78 is 0. The maximum absolute atomic E-state index is 12.4. The molecule has 0 unspecified atom stereocenters. The van der Waals surface area contributed by atoms with Crippen LogP contribution < -0.4 is 5.73 Å². The number of nitrogens with zero attached hydrogens (tertiary/aromatic N) is 1. The molecule has 7 nitrogen and oxygen atoms in total. The molecule has 0 amide bonds. The molecule has 116 valence electrons. The second kappa shape index (κ2) is 6.33. The molecule has 0 aliphatic heterocycles. The number of Topliss-reactive ketones (excluding diaryl/α,β-unsaturated/α-hetero) is 3. The van der Waals surface area contributed by atoms with Crippen LogP contribution in [0, 0.1) is 22.0 Å². The summed E-state index contributed by atoms with van der Waals surface area (Å²) in [5, 5.41) is 11.1. The Bertz CT molecular complexity index is 655. The summed E-state index contributed by atoms with van der Waals surface area (Å²) in [6, 6.07) is 3.50. The average Bonchev–Trinajstić information content (AvgIpc) is 2.45. The number of carbonyl (C=O) groups is 3. The zero-order chi connectivity index (χ0) is 16.4. The number of ketones is 3. The van der Waals surface area contributed by atoms with Crippen molar-refractivity contribution >= 4 is 34.6 Å². The van der Waals surface area contributed by atoms with Gasteiger partial charge in [-0.25, -0.2) is 0 Å². The van der Waals surface area contributed by atoms with E-state index in [1.54, 1.807) is 0 Å². The summed E-state index contributed by atoms with van der Waals surface area (Å²) in [6.45, 7) is 0.180. The van der Waals surface area contributed by atoms with Gasteiger partial charge in [0.25, 0.3) is 5.69 Å². The molecular formula is C14H13ClN2O5. The number of benzene rings is 1. The molecule has 1 aliphatic rings. The van der Waals surface area contributed by atoms with Crippen LogP contribution in [-0.2, 0) is 9.59 Å². The summed E-state index contributed by atoms with van der Waals surface area (Å²) in [6.07, 6.45) is 0.0556. The van der Waals surface area contributed by atoms with Crippen molar-refractivity contribution in [2.75, 3.05) is 6.54 Å². The minimum atomic E-state index is -1.48. The molecule has 1 aromatic carbocycles. The first-order valence-electron chi connectivity index (χ1n) is 6.58. The summed E-state index contributed by atoms with van der Waals surface area (Å²) in [5.41, 5.74) is 4.65. The molecule has 2 N–H and O–H groups in total. The highest BCUT2D eigenvalue weighted by molar-refractivity contribution is 6.31. The fourth-order valence-corrected chi connectivity index (χ4v) is 2.70. The van der Waals surface area contributed by atoms with Gasteiger partial charge in [0.1, 0.15) is 5.92 Å². The molecule has 0 spiro atoms. The van der Waals surface area contributed by atoms with Crippen LogP contribution in [0.5, 0.6) is 0 Å². The highest BCUT2D eigenvalue weighted by Gasteiger charge is 2.41. The maximum Gasteiger partial charge on any atom is 0.281 e. The minimum Gasteiger partial charge on any atom is -0.330 e. The molecule has 22 heavy (non-hydrogen) atoms. The van der Waals surface area contributed by atoms with E-state index in [1.165, 1.54) is 12.1 Å². The van der Waals surface area contributed by atoms with Gasteiger partial charge >= 0.3 is 0 Å². The van der Waals surface area contributed by atoms with E-state index in [0.717, 1.165) is 6.07 Å². The molecule has 0 bridgehead atoms. The second-order valence-corrected chi connectivity index (χ2v) is 5.59. The lowest BCUT2D eigenvalue weighted by atomic mass is 9.76. The third-order valence-electron chi connectivity index (χ3n) is 3.64. The Hall–Kier alpha value is -2.12. The van der Waals surface area contributed by atoms with Crippen molar-refractivity contribution < 1.29 is 19.3 Å². The zero-order valence-corrected chi connectivity index (χ0v) is 12.2. The smallest absolute Gasteiger partial charge is 0.281 e. The molecule has 1 aliphatic carbocycles. The number of rotatable bonds is 4. The Labute approximate surface area is 130 Å². The van der Waals surface area contributed by atoms with Crippen molar-refractivity contribution in [2.45, 2.75) is 12.8 Å². The van der Waals surface area contributed by atoms with Crippen molar-refractivity contribution in [1.82, 2.24) is 0 Å². The predicted octanol–water partition coefficient (Wildman–Crippen LogP) is 1.55. The third-order valence-corrected chi connectivity index (χ3v) is 3.88. The maximum atomic E-state index is 12.4. The van der Waals surface area contributed by atoms with E-state index in [4.69, 9.17) is 17.3 Å². The Morgan fingerprint density at radius 1 is 1.32 bits per heavy atom. The van der Waals surface area contributed by atoms with Gasteiger partial charge in [-0.1, -0.05) is 11.6 Å². The first-order valence-corrected chi connectivity index (χ1v) is 6.96. The van der Waals surface area contributed by atoms with Crippen molar-refractivity contribution in [3.8, 4) is 0 Å². The van der Waals surface area contributed by atoms with E-state index in [1.807, 2.05) is 0 Å². The summed E-state index contributed by atoms with van der Waals surface area (Å²) in [5.74, 6) is -3.69. The molecule has 0 heterocycles. The van der Waals surface area contributed by atoms with Crippen LogP contribution >= 0.6 is 11.6 Å². The number of hydrogen-bond donors (Lipinski definition) is 1. The first-order chi connectivity index (χ1) is 10.3. The highest BCUT2D eigenvalue weighted by atomic mass is 35.5. The molecule has 0 radical (unpaired) electrons. The number of nitro benzene ring substituents is 1. The van der Waals surface area contributed by atoms with Gasteiger partial charge in [-0.2, -0.15) is 0 Å². The number of nitrogens with two attached hydrogens (primary N) is 1. The molecule has 0 atom stereocenters. The van der Waals surface area contributed by atoms with Gasteiger partial charge in [0, 0.05) is 23.9 Å². The quantitative estimate of drug-likeness (QED) is 0.388. The fourth-order valence-electron chi connectivity index (χ4n) is 2.54. The van der Waals surface area contributed by atoms with Gasteiger partial charge in [-0.15, -0.1) is 0 Å². The van der Waals surface area contributed by atoms with Crippen LogP contribution in [-0.4, -0.2) is 28.8 Å². The third kappa shape index (κ3) is 3.05. The van der Waals surface area contributed by atoms with Crippen LogP contribution in [0.25, 0.3) is 0 Å². The lowest BCUT2D eigenvalue weighted by Crippen LogP contribution is -2.40. The van der Waals surface area contributed by atoms with E-state index in [2.05, 4.69) is 0 Å². The van der Waals surface area contributed by atoms with Gasteiger partial charge in [0.2, 0.25) is 0 Å². The normalized spacial score (nSPS) is 21.7. The van der Waals surface area contributed by atoms with Crippen LogP contribution in [0.1, 0.15) is 23.2 Å². The molecule has 1 saturated carbocycles. The van der Waals surface area contributed by atoms with Crippen molar-refractivity contribution in [3.05, 3.63) is 38.9 Å². The number of carbonyl (C=O) groups excluding carboxylic acids is 3.